The van der Waals surface area contributed by atoms with Crippen LogP contribution in [0.25, 0.3) is 0 Å². The van der Waals surface area contributed by atoms with E-state index in [1.54, 1.807) is 17.4 Å². The van der Waals surface area contributed by atoms with E-state index in [1.165, 1.54) is 16.9 Å². The van der Waals surface area contributed by atoms with E-state index in [2.05, 4.69) is 6.07 Å². The number of anilines is 1. The quantitative estimate of drug-likeness (QED) is 0.662. The number of carbonyl (C=O) groups excluding carboxylic acids is 1. The van der Waals surface area contributed by atoms with E-state index in [0.717, 1.165) is 28.8 Å². The van der Waals surface area contributed by atoms with Crippen LogP contribution in [0.3, 0.4) is 0 Å². The van der Waals surface area contributed by atoms with Crippen molar-refractivity contribution >= 4 is 22.8 Å². The number of hydrogen-bond acceptors (Lipinski definition) is 3. The van der Waals surface area contributed by atoms with Crippen LogP contribution in [-0.2, 0) is 12.8 Å². The third-order valence-electron chi connectivity index (χ3n) is 3.47. The minimum atomic E-state index is 0.131. The molecule has 3 heteroatoms. The molecule has 0 aliphatic heterocycles. The van der Waals surface area contributed by atoms with Crippen molar-refractivity contribution in [3.05, 3.63) is 50.7 Å². The standard InChI is InChI=1S/C15H15NOS/c1-9-7-11(16)5-6-12(9)15(17)14-8-10-3-2-4-13(10)18-14/h5-8H,2-4,16H2,1H3. The topological polar surface area (TPSA) is 43.1 Å². The highest BCUT2D eigenvalue weighted by atomic mass is 32.1. The van der Waals surface area contributed by atoms with Gasteiger partial charge >= 0.3 is 0 Å². The summed E-state index contributed by atoms with van der Waals surface area (Å²) in [5.74, 6) is 0.131. The molecule has 1 aromatic heterocycles. The molecule has 92 valence electrons. The van der Waals surface area contributed by atoms with Crippen LogP contribution in [0.5, 0.6) is 0 Å². The molecule has 2 aromatic rings. The molecule has 0 atom stereocenters. The third kappa shape index (κ3) is 1.85. The van der Waals surface area contributed by atoms with Crippen molar-refractivity contribution in [1.29, 1.82) is 0 Å². The van der Waals surface area contributed by atoms with E-state index in [9.17, 15) is 4.79 Å². The summed E-state index contributed by atoms with van der Waals surface area (Å²) in [4.78, 5) is 14.7. The Morgan fingerprint density at radius 3 is 2.83 bits per heavy atom. The first kappa shape index (κ1) is 11.5. The molecule has 1 heterocycles. The maximum absolute atomic E-state index is 12.5. The molecule has 0 bridgehead atoms. The number of nitrogens with two attached hydrogens (primary N) is 1. The number of nitrogen functional groups attached to an aromatic ring is 1. The summed E-state index contributed by atoms with van der Waals surface area (Å²) in [5.41, 5.74) is 9.51. The minimum Gasteiger partial charge on any atom is -0.399 e. The average molecular weight is 257 g/mol. The Balaban J connectivity index is 1.98. The summed E-state index contributed by atoms with van der Waals surface area (Å²) in [6.07, 6.45) is 3.49. The van der Waals surface area contributed by atoms with Crippen LogP contribution in [0.2, 0.25) is 0 Å². The van der Waals surface area contributed by atoms with Crippen LogP contribution in [0.1, 0.15) is 37.7 Å². The van der Waals surface area contributed by atoms with Crippen molar-refractivity contribution in [3.8, 4) is 0 Å². The summed E-state index contributed by atoms with van der Waals surface area (Å²) in [7, 11) is 0. The van der Waals surface area contributed by atoms with Crippen molar-refractivity contribution in [1.82, 2.24) is 0 Å². The van der Waals surface area contributed by atoms with Crippen LogP contribution in [0.4, 0.5) is 5.69 Å². The fraction of sp³-hybridized carbons (Fsp3) is 0.267. The molecule has 0 radical (unpaired) electrons. The first-order chi connectivity index (χ1) is 8.65. The lowest BCUT2D eigenvalue weighted by Gasteiger charge is -2.04. The molecule has 1 aliphatic rings. The number of rotatable bonds is 2. The van der Waals surface area contributed by atoms with Gasteiger partial charge in [0, 0.05) is 16.1 Å². The Bertz CT molecular complexity index is 606. The molecule has 3 rings (SSSR count). The highest BCUT2D eigenvalue weighted by Gasteiger charge is 2.20. The maximum Gasteiger partial charge on any atom is 0.203 e. The second-order valence-electron chi connectivity index (χ2n) is 4.82. The zero-order valence-electron chi connectivity index (χ0n) is 10.3. The summed E-state index contributed by atoms with van der Waals surface area (Å²) < 4.78 is 0. The van der Waals surface area contributed by atoms with E-state index in [1.807, 2.05) is 19.1 Å². The summed E-state index contributed by atoms with van der Waals surface area (Å²) in [6.45, 7) is 1.94. The van der Waals surface area contributed by atoms with Gasteiger partial charge in [0.1, 0.15) is 0 Å². The molecule has 0 unspecified atom stereocenters. The molecule has 0 fully saturated rings. The molecule has 0 amide bonds. The first-order valence-corrected chi connectivity index (χ1v) is 6.99. The van der Waals surface area contributed by atoms with Gasteiger partial charge in [-0.1, -0.05) is 0 Å². The highest BCUT2D eigenvalue weighted by molar-refractivity contribution is 7.14. The molecule has 0 saturated heterocycles. The normalized spacial score (nSPS) is 13.6. The smallest absolute Gasteiger partial charge is 0.203 e. The lowest BCUT2D eigenvalue weighted by Crippen LogP contribution is -2.02. The molecule has 1 aromatic carbocycles. The zero-order valence-corrected chi connectivity index (χ0v) is 11.1. The monoisotopic (exact) mass is 257 g/mol. The minimum absolute atomic E-state index is 0.131. The zero-order chi connectivity index (χ0) is 12.7. The van der Waals surface area contributed by atoms with Gasteiger partial charge in [-0.05, 0) is 61.6 Å². The molecule has 18 heavy (non-hydrogen) atoms. The number of fused-ring (bicyclic) bond motifs is 1. The molecule has 1 aliphatic carbocycles. The van der Waals surface area contributed by atoms with E-state index in [-0.39, 0.29) is 5.78 Å². The molecular formula is C15H15NOS. The molecular weight excluding hydrogens is 242 g/mol. The van der Waals surface area contributed by atoms with Crippen molar-refractivity contribution in [2.45, 2.75) is 26.2 Å². The van der Waals surface area contributed by atoms with Gasteiger partial charge < -0.3 is 5.73 Å². The maximum atomic E-state index is 12.5. The second-order valence-corrected chi connectivity index (χ2v) is 5.95. The lowest BCUT2D eigenvalue weighted by atomic mass is 10.0. The van der Waals surface area contributed by atoms with Crippen molar-refractivity contribution in [2.75, 3.05) is 5.73 Å². The number of aryl methyl sites for hydroxylation is 3. The summed E-state index contributed by atoms with van der Waals surface area (Å²) >= 11 is 1.66. The highest BCUT2D eigenvalue weighted by Crippen LogP contribution is 2.32. The van der Waals surface area contributed by atoms with Crippen LogP contribution in [0.15, 0.2) is 24.3 Å². The Kier molecular flexibility index (Phi) is 2.71. The number of thiophene rings is 1. The first-order valence-electron chi connectivity index (χ1n) is 6.17. The van der Waals surface area contributed by atoms with E-state index in [0.29, 0.717) is 5.69 Å². The Morgan fingerprint density at radius 2 is 2.11 bits per heavy atom. The lowest BCUT2D eigenvalue weighted by molar-refractivity contribution is 0.104. The van der Waals surface area contributed by atoms with Gasteiger partial charge in [0.05, 0.1) is 4.88 Å². The van der Waals surface area contributed by atoms with Gasteiger partial charge in [0.25, 0.3) is 0 Å². The molecule has 2 N–H and O–H groups in total. The number of benzene rings is 1. The van der Waals surface area contributed by atoms with Gasteiger partial charge in [0.15, 0.2) is 0 Å². The predicted molar refractivity (Wildman–Crippen MR) is 75.4 cm³/mol. The number of ketones is 1. The van der Waals surface area contributed by atoms with Gasteiger partial charge in [-0.3, -0.25) is 4.79 Å². The predicted octanol–water partition coefficient (Wildman–Crippen LogP) is 3.36. The van der Waals surface area contributed by atoms with E-state index >= 15 is 0 Å². The summed E-state index contributed by atoms with van der Waals surface area (Å²) in [5, 5.41) is 0. The molecule has 0 saturated carbocycles. The van der Waals surface area contributed by atoms with Crippen LogP contribution in [-0.4, -0.2) is 5.78 Å². The Hall–Kier alpha value is -1.61. The van der Waals surface area contributed by atoms with Gasteiger partial charge in [-0.25, -0.2) is 0 Å². The Morgan fingerprint density at radius 1 is 1.28 bits per heavy atom. The molecule has 2 nitrogen and oxygen atoms in total. The van der Waals surface area contributed by atoms with Crippen molar-refractivity contribution in [2.24, 2.45) is 0 Å². The average Bonchev–Trinajstić information content (AvgIpc) is 2.87. The summed E-state index contributed by atoms with van der Waals surface area (Å²) in [6, 6.07) is 7.55. The van der Waals surface area contributed by atoms with Gasteiger partial charge in [-0.2, -0.15) is 0 Å². The number of carbonyl (C=O) groups is 1. The van der Waals surface area contributed by atoms with Gasteiger partial charge in [0.2, 0.25) is 5.78 Å². The fourth-order valence-corrected chi connectivity index (χ4v) is 3.72. The number of hydrogen-bond donors (Lipinski definition) is 1. The van der Waals surface area contributed by atoms with E-state index < -0.39 is 0 Å². The van der Waals surface area contributed by atoms with Crippen LogP contribution >= 0.6 is 11.3 Å². The van der Waals surface area contributed by atoms with Crippen LogP contribution < -0.4 is 5.73 Å². The Labute approximate surface area is 110 Å². The SMILES string of the molecule is Cc1cc(N)ccc1C(=O)c1cc2c(s1)CCC2. The van der Waals surface area contributed by atoms with Crippen LogP contribution in [0, 0.1) is 6.92 Å². The van der Waals surface area contributed by atoms with Gasteiger partial charge in [-0.15, -0.1) is 11.3 Å². The molecule has 0 spiro atoms. The van der Waals surface area contributed by atoms with Crippen molar-refractivity contribution in [3.63, 3.8) is 0 Å². The fourth-order valence-electron chi connectivity index (χ4n) is 2.52. The van der Waals surface area contributed by atoms with Crippen molar-refractivity contribution < 1.29 is 4.79 Å². The second kappa shape index (κ2) is 4.25. The largest absolute Gasteiger partial charge is 0.399 e. The third-order valence-corrected chi connectivity index (χ3v) is 4.70. The van der Waals surface area contributed by atoms with E-state index in [4.69, 9.17) is 5.73 Å².